The van der Waals surface area contributed by atoms with Gasteiger partial charge < -0.3 is 9.67 Å². The van der Waals surface area contributed by atoms with E-state index in [9.17, 15) is 18.3 Å². The molecule has 0 atom stereocenters. The highest BCUT2D eigenvalue weighted by atomic mass is 32.2. The van der Waals surface area contributed by atoms with Gasteiger partial charge >= 0.3 is 5.97 Å². The minimum Gasteiger partial charge on any atom is -0.477 e. The lowest BCUT2D eigenvalue weighted by atomic mass is 10.1. The summed E-state index contributed by atoms with van der Waals surface area (Å²) in [5, 5.41) is 9.34. The summed E-state index contributed by atoms with van der Waals surface area (Å²) < 4.78 is 24.6. The van der Waals surface area contributed by atoms with Crippen LogP contribution in [0.2, 0.25) is 0 Å². The van der Waals surface area contributed by atoms with Crippen LogP contribution in [0.5, 0.6) is 0 Å². The van der Waals surface area contributed by atoms with Crippen LogP contribution in [-0.2, 0) is 22.8 Å². The summed E-state index contributed by atoms with van der Waals surface area (Å²) in [6.07, 6.45) is 3.84. The summed E-state index contributed by atoms with van der Waals surface area (Å²) in [7, 11) is -3.22. The van der Waals surface area contributed by atoms with Gasteiger partial charge in [-0.3, -0.25) is 0 Å². The Morgan fingerprint density at radius 3 is 2.26 bits per heavy atom. The lowest BCUT2D eigenvalue weighted by Gasteiger charge is -2.07. The maximum Gasteiger partial charge on any atom is 0.352 e. The van der Waals surface area contributed by atoms with Gasteiger partial charge in [-0.2, -0.15) is 0 Å². The van der Waals surface area contributed by atoms with Crippen LogP contribution in [0.1, 0.15) is 35.5 Å². The lowest BCUT2D eigenvalue weighted by Crippen LogP contribution is -2.08. The van der Waals surface area contributed by atoms with Gasteiger partial charge in [0.1, 0.15) is 5.69 Å². The molecule has 5 nitrogen and oxygen atoms in total. The van der Waals surface area contributed by atoms with Crippen LogP contribution in [0.25, 0.3) is 0 Å². The van der Waals surface area contributed by atoms with Crippen LogP contribution < -0.4 is 0 Å². The standard InChI is InChI=1S/C17H21NO4S/c1-12(2)8-14-9-16(17(19)20)18(11-14)10-13-4-6-15(7-5-13)23(3,21)22/h4-7,9,11-12H,8,10H2,1-3H3,(H,19,20). The summed E-state index contributed by atoms with van der Waals surface area (Å²) in [4.78, 5) is 11.7. The number of carboxylic acid groups (broad SMARTS) is 1. The zero-order valence-electron chi connectivity index (χ0n) is 13.5. The molecular formula is C17H21NO4S. The molecule has 0 radical (unpaired) electrons. The number of aromatic nitrogens is 1. The number of hydrogen-bond acceptors (Lipinski definition) is 3. The number of benzene rings is 1. The Morgan fingerprint density at radius 2 is 1.78 bits per heavy atom. The molecule has 0 saturated heterocycles. The van der Waals surface area contributed by atoms with Crippen LogP contribution >= 0.6 is 0 Å². The summed E-state index contributed by atoms with van der Waals surface area (Å²) >= 11 is 0. The monoisotopic (exact) mass is 335 g/mol. The van der Waals surface area contributed by atoms with Gasteiger partial charge in [0.25, 0.3) is 0 Å². The zero-order valence-corrected chi connectivity index (χ0v) is 14.3. The second-order valence-corrected chi connectivity index (χ2v) is 8.20. The lowest BCUT2D eigenvalue weighted by molar-refractivity contribution is 0.0685. The summed E-state index contributed by atoms with van der Waals surface area (Å²) in [6.45, 7) is 4.56. The Balaban J connectivity index is 2.28. The molecule has 1 N–H and O–H groups in total. The Hall–Kier alpha value is -2.08. The number of carbonyl (C=O) groups is 1. The highest BCUT2D eigenvalue weighted by molar-refractivity contribution is 7.90. The van der Waals surface area contributed by atoms with E-state index in [1.807, 2.05) is 6.20 Å². The van der Waals surface area contributed by atoms with E-state index in [1.165, 1.54) is 0 Å². The SMILES string of the molecule is CC(C)Cc1cc(C(=O)O)n(Cc2ccc(S(C)(=O)=O)cc2)c1. The van der Waals surface area contributed by atoms with Crippen LogP contribution in [0.3, 0.4) is 0 Å². The Labute approximate surface area is 136 Å². The first-order chi connectivity index (χ1) is 10.7. The molecule has 0 unspecified atom stereocenters. The van der Waals surface area contributed by atoms with Crippen LogP contribution in [0.4, 0.5) is 0 Å². The van der Waals surface area contributed by atoms with Crippen molar-refractivity contribution in [2.45, 2.75) is 31.7 Å². The van der Waals surface area contributed by atoms with Crippen molar-refractivity contribution in [2.75, 3.05) is 6.26 Å². The Bertz CT molecular complexity index is 802. The van der Waals surface area contributed by atoms with E-state index < -0.39 is 15.8 Å². The molecule has 124 valence electrons. The van der Waals surface area contributed by atoms with Gasteiger partial charge in [-0.25, -0.2) is 13.2 Å². The molecule has 0 aliphatic rings. The number of rotatable bonds is 6. The summed E-state index contributed by atoms with van der Waals surface area (Å²) in [6, 6.07) is 8.22. The summed E-state index contributed by atoms with van der Waals surface area (Å²) in [5.41, 5.74) is 2.09. The molecule has 1 aromatic heterocycles. The predicted molar refractivity (Wildman–Crippen MR) is 88.6 cm³/mol. The van der Waals surface area contributed by atoms with Gasteiger partial charge in [-0.05, 0) is 41.7 Å². The molecule has 0 amide bonds. The van der Waals surface area contributed by atoms with E-state index >= 15 is 0 Å². The first-order valence-corrected chi connectivity index (χ1v) is 9.27. The molecule has 23 heavy (non-hydrogen) atoms. The Morgan fingerprint density at radius 1 is 1.17 bits per heavy atom. The zero-order chi connectivity index (χ0) is 17.2. The van der Waals surface area contributed by atoms with Crippen molar-refractivity contribution in [3.63, 3.8) is 0 Å². The van der Waals surface area contributed by atoms with Crippen molar-refractivity contribution >= 4 is 15.8 Å². The fraction of sp³-hybridized carbons (Fsp3) is 0.353. The topological polar surface area (TPSA) is 76.4 Å². The van der Waals surface area contributed by atoms with Crippen molar-refractivity contribution in [3.05, 3.63) is 53.3 Å². The fourth-order valence-electron chi connectivity index (χ4n) is 2.50. The average Bonchev–Trinajstić information content (AvgIpc) is 2.80. The smallest absolute Gasteiger partial charge is 0.352 e. The van der Waals surface area contributed by atoms with Crippen LogP contribution in [0.15, 0.2) is 41.4 Å². The van der Waals surface area contributed by atoms with E-state index in [2.05, 4.69) is 13.8 Å². The number of carboxylic acids is 1. The van der Waals surface area contributed by atoms with Gasteiger partial charge in [0, 0.05) is 19.0 Å². The number of hydrogen-bond donors (Lipinski definition) is 1. The molecular weight excluding hydrogens is 314 g/mol. The largest absolute Gasteiger partial charge is 0.477 e. The van der Waals surface area contributed by atoms with E-state index in [-0.39, 0.29) is 10.6 Å². The van der Waals surface area contributed by atoms with Crippen molar-refractivity contribution in [3.8, 4) is 0 Å². The summed E-state index contributed by atoms with van der Waals surface area (Å²) in [5.74, 6) is -0.519. The van der Waals surface area contributed by atoms with E-state index in [4.69, 9.17) is 0 Å². The molecule has 0 bridgehead atoms. The number of sulfone groups is 1. The average molecular weight is 335 g/mol. The minimum atomic E-state index is -3.22. The fourth-order valence-corrected chi connectivity index (χ4v) is 3.13. The van der Waals surface area contributed by atoms with Crippen molar-refractivity contribution in [1.29, 1.82) is 0 Å². The molecule has 0 saturated carbocycles. The maximum absolute atomic E-state index is 11.5. The van der Waals surface area contributed by atoms with E-state index in [0.717, 1.165) is 23.8 Å². The first kappa shape index (κ1) is 17.3. The van der Waals surface area contributed by atoms with Gasteiger partial charge in [0.05, 0.1) is 4.90 Å². The third-order valence-corrected chi connectivity index (χ3v) is 4.65. The Kier molecular flexibility index (Phi) is 4.94. The minimum absolute atomic E-state index is 0.243. The van der Waals surface area contributed by atoms with E-state index in [1.54, 1.807) is 34.9 Å². The number of aromatic carboxylic acids is 1. The van der Waals surface area contributed by atoms with Crippen molar-refractivity contribution in [1.82, 2.24) is 4.57 Å². The second kappa shape index (κ2) is 6.58. The quantitative estimate of drug-likeness (QED) is 0.880. The molecule has 0 fully saturated rings. The van der Waals surface area contributed by atoms with Gasteiger partial charge in [-0.1, -0.05) is 26.0 Å². The molecule has 0 spiro atoms. The molecule has 6 heteroatoms. The predicted octanol–water partition coefficient (Wildman–Crippen LogP) is 2.84. The molecule has 1 heterocycles. The third-order valence-electron chi connectivity index (χ3n) is 3.52. The maximum atomic E-state index is 11.5. The van der Waals surface area contributed by atoms with Gasteiger partial charge in [-0.15, -0.1) is 0 Å². The highest BCUT2D eigenvalue weighted by Crippen LogP contribution is 2.17. The molecule has 2 aromatic rings. The number of nitrogens with zero attached hydrogens (tertiary/aromatic N) is 1. The molecule has 0 aliphatic heterocycles. The van der Waals surface area contributed by atoms with Crippen LogP contribution in [-0.4, -0.2) is 30.3 Å². The van der Waals surface area contributed by atoms with Crippen molar-refractivity contribution in [2.24, 2.45) is 5.92 Å². The van der Waals surface area contributed by atoms with Gasteiger partial charge in [0.2, 0.25) is 0 Å². The second-order valence-electron chi connectivity index (χ2n) is 6.18. The van der Waals surface area contributed by atoms with Gasteiger partial charge in [0.15, 0.2) is 9.84 Å². The highest BCUT2D eigenvalue weighted by Gasteiger charge is 2.14. The third kappa shape index (κ3) is 4.45. The molecule has 1 aromatic carbocycles. The molecule has 0 aliphatic carbocycles. The first-order valence-electron chi connectivity index (χ1n) is 7.38. The molecule has 2 rings (SSSR count). The normalized spacial score (nSPS) is 11.8. The van der Waals surface area contributed by atoms with Crippen molar-refractivity contribution < 1.29 is 18.3 Å². The van der Waals surface area contributed by atoms with Crippen LogP contribution in [0, 0.1) is 5.92 Å². The van der Waals surface area contributed by atoms with E-state index in [0.29, 0.717) is 12.5 Å².